The zero-order chi connectivity index (χ0) is 12.2. The quantitative estimate of drug-likeness (QED) is 0.612. The minimum absolute atomic E-state index is 0.219. The zero-order valence-corrected chi connectivity index (χ0v) is 11.0. The lowest BCUT2D eigenvalue weighted by Crippen LogP contribution is -2.06. The Labute approximate surface area is 99.6 Å². The average Bonchev–Trinajstić information content (AvgIpc) is 2.14. The van der Waals surface area contributed by atoms with E-state index in [4.69, 9.17) is 0 Å². The van der Waals surface area contributed by atoms with Crippen LogP contribution in [0.2, 0.25) is 0 Å². The van der Waals surface area contributed by atoms with Gasteiger partial charge in [0.05, 0.1) is 6.10 Å². The maximum Gasteiger partial charge on any atom is 0.0760 e. The van der Waals surface area contributed by atoms with Crippen molar-refractivity contribution in [3.8, 4) is 0 Å². The zero-order valence-electron chi connectivity index (χ0n) is 11.0. The van der Waals surface area contributed by atoms with Crippen LogP contribution in [0.3, 0.4) is 0 Å². The van der Waals surface area contributed by atoms with Crippen LogP contribution in [-0.4, -0.2) is 11.2 Å². The number of rotatable bonds is 0. The van der Waals surface area contributed by atoms with Gasteiger partial charge >= 0.3 is 0 Å². The molecule has 0 aromatic rings. The highest BCUT2D eigenvalue weighted by atomic mass is 16.3. The normalized spacial score (nSPS) is 35.2. The van der Waals surface area contributed by atoms with Gasteiger partial charge in [0.2, 0.25) is 0 Å². The van der Waals surface area contributed by atoms with Crippen molar-refractivity contribution in [2.45, 2.75) is 53.1 Å². The monoisotopic (exact) mass is 220 g/mol. The summed E-state index contributed by atoms with van der Waals surface area (Å²) in [4.78, 5) is 0. The van der Waals surface area contributed by atoms with Gasteiger partial charge < -0.3 is 5.11 Å². The predicted molar refractivity (Wildman–Crippen MR) is 70.3 cm³/mol. The third-order valence-corrected chi connectivity index (χ3v) is 2.99. The topological polar surface area (TPSA) is 20.2 Å². The molecule has 0 spiro atoms. The summed E-state index contributed by atoms with van der Waals surface area (Å²) in [6.45, 7) is 8.68. The van der Waals surface area contributed by atoms with Gasteiger partial charge in [-0.1, -0.05) is 49.3 Å². The van der Waals surface area contributed by atoms with Gasteiger partial charge in [0.25, 0.3) is 0 Å². The van der Waals surface area contributed by atoms with Crippen molar-refractivity contribution in [1.82, 2.24) is 0 Å². The van der Waals surface area contributed by atoms with Gasteiger partial charge in [0.15, 0.2) is 0 Å². The van der Waals surface area contributed by atoms with E-state index in [0.29, 0.717) is 0 Å². The molecule has 1 nitrogen and oxygen atoms in total. The van der Waals surface area contributed by atoms with E-state index >= 15 is 0 Å². The summed E-state index contributed by atoms with van der Waals surface area (Å²) >= 11 is 0. The Kier molecular flexibility index (Phi) is 4.55. The molecule has 16 heavy (non-hydrogen) atoms. The van der Waals surface area contributed by atoms with E-state index < -0.39 is 0 Å². The molecule has 1 atom stereocenters. The van der Waals surface area contributed by atoms with Gasteiger partial charge in [-0.25, -0.2) is 0 Å². The maximum atomic E-state index is 9.85. The maximum absolute atomic E-state index is 9.85. The molecule has 0 bridgehead atoms. The molecule has 1 aliphatic carbocycles. The van der Waals surface area contributed by atoms with Crippen LogP contribution in [0.1, 0.15) is 47.0 Å². The van der Waals surface area contributed by atoms with Gasteiger partial charge in [-0.3, -0.25) is 0 Å². The predicted octanol–water partition coefficient (Wildman–Crippen LogP) is 4.01. The Hall–Kier alpha value is -0.820. The van der Waals surface area contributed by atoms with Crippen molar-refractivity contribution in [3.05, 3.63) is 35.5 Å². The van der Waals surface area contributed by atoms with Gasteiger partial charge in [0, 0.05) is 0 Å². The van der Waals surface area contributed by atoms with Crippen LogP contribution in [0.15, 0.2) is 35.5 Å². The summed E-state index contributed by atoms with van der Waals surface area (Å²) < 4.78 is 0. The molecule has 0 amide bonds. The largest absolute Gasteiger partial charge is 0.389 e. The molecule has 1 heteroatoms. The van der Waals surface area contributed by atoms with Crippen LogP contribution < -0.4 is 0 Å². The van der Waals surface area contributed by atoms with Crippen molar-refractivity contribution in [1.29, 1.82) is 0 Å². The average molecular weight is 220 g/mol. The molecule has 0 radical (unpaired) electrons. The molecule has 0 aromatic carbocycles. The van der Waals surface area contributed by atoms with Crippen LogP contribution in [0.25, 0.3) is 0 Å². The van der Waals surface area contributed by atoms with Crippen molar-refractivity contribution in [2.75, 3.05) is 0 Å². The highest BCUT2D eigenvalue weighted by Crippen LogP contribution is 2.25. The number of hydrogen-bond acceptors (Lipinski definition) is 1. The lowest BCUT2D eigenvalue weighted by atomic mass is 9.87. The summed E-state index contributed by atoms with van der Waals surface area (Å²) in [7, 11) is 0. The van der Waals surface area contributed by atoms with Gasteiger partial charge in [-0.2, -0.15) is 0 Å². The number of allylic oxidation sites excluding steroid dienone is 4. The fraction of sp³-hybridized carbons (Fsp3) is 0.600. The summed E-state index contributed by atoms with van der Waals surface area (Å²) in [5.74, 6) is 0. The molecule has 90 valence electrons. The second-order valence-corrected chi connectivity index (χ2v) is 5.63. The second kappa shape index (κ2) is 5.49. The van der Waals surface area contributed by atoms with Crippen LogP contribution >= 0.6 is 0 Å². The summed E-state index contributed by atoms with van der Waals surface area (Å²) in [5, 5.41) is 9.85. The number of aliphatic hydroxyl groups excluding tert-OH is 1. The van der Waals surface area contributed by atoms with Gasteiger partial charge in [0.1, 0.15) is 0 Å². The molecule has 0 aromatic heterocycles. The Bertz CT molecular complexity index is 318. The Morgan fingerprint density at radius 1 is 1.25 bits per heavy atom. The molecular formula is C15H24O. The SMILES string of the molecule is C/C1=C\[C@H](O)C/C(C)=C/CC(C)(C)/C=C/C1. The van der Waals surface area contributed by atoms with Crippen LogP contribution in [0.4, 0.5) is 0 Å². The lowest BCUT2D eigenvalue weighted by Gasteiger charge is -2.18. The number of hydrogen-bond donors (Lipinski definition) is 1. The van der Waals surface area contributed by atoms with E-state index in [-0.39, 0.29) is 11.5 Å². The molecule has 0 saturated carbocycles. The standard InChI is InChI=1S/C15H24O/c1-12-6-5-8-15(3,4)9-7-13(2)11-14(16)10-12/h5,7-8,10,14,16H,6,9,11H2,1-4H3/b8-5+,12-10+,13-7+/t14-/m0/s1. The lowest BCUT2D eigenvalue weighted by molar-refractivity contribution is 0.222. The van der Waals surface area contributed by atoms with E-state index in [1.54, 1.807) is 0 Å². The number of aliphatic hydroxyl groups is 1. The third-order valence-electron chi connectivity index (χ3n) is 2.99. The highest BCUT2D eigenvalue weighted by molar-refractivity contribution is 5.14. The van der Waals surface area contributed by atoms with E-state index in [0.717, 1.165) is 19.3 Å². The van der Waals surface area contributed by atoms with Crippen molar-refractivity contribution in [3.63, 3.8) is 0 Å². The second-order valence-electron chi connectivity index (χ2n) is 5.63. The van der Waals surface area contributed by atoms with Crippen molar-refractivity contribution >= 4 is 0 Å². The smallest absolute Gasteiger partial charge is 0.0760 e. The molecule has 0 heterocycles. The summed E-state index contributed by atoms with van der Waals surface area (Å²) in [5.41, 5.74) is 2.74. The minimum atomic E-state index is -0.328. The fourth-order valence-electron chi connectivity index (χ4n) is 1.94. The molecule has 1 rings (SSSR count). The molecule has 1 aliphatic rings. The van der Waals surface area contributed by atoms with Gasteiger partial charge in [-0.15, -0.1) is 0 Å². The summed E-state index contributed by atoms with van der Waals surface area (Å²) in [6, 6.07) is 0. The van der Waals surface area contributed by atoms with Crippen LogP contribution in [-0.2, 0) is 0 Å². The fourth-order valence-corrected chi connectivity index (χ4v) is 1.94. The summed E-state index contributed by atoms with van der Waals surface area (Å²) in [6.07, 6.45) is 11.1. The molecule has 0 saturated heterocycles. The van der Waals surface area contributed by atoms with Crippen LogP contribution in [0, 0.1) is 5.41 Å². The first-order valence-corrected chi connectivity index (χ1v) is 6.08. The molecule has 0 fully saturated rings. The minimum Gasteiger partial charge on any atom is -0.389 e. The molecule has 0 aliphatic heterocycles. The van der Waals surface area contributed by atoms with Crippen molar-refractivity contribution in [2.24, 2.45) is 5.41 Å². The Morgan fingerprint density at radius 2 is 1.94 bits per heavy atom. The highest BCUT2D eigenvalue weighted by Gasteiger charge is 2.13. The molecular weight excluding hydrogens is 196 g/mol. The third kappa shape index (κ3) is 4.80. The van der Waals surface area contributed by atoms with Crippen LogP contribution in [0.5, 0.6) is 0 Å². The first kappa shape index (κ1) is 13.2. The molecule has 1 N–H and O–H groups in total. The first-order valence-electron chi connectivity index (χ1n) is 6.08. The van der Waals surface area contributed by atoms with E-state index in [9.17, 15) is 5.11 Å². The van der Waals surface area contributed by atoms with E-state index in [2.05, 4.69) is 45.9 Å². The molecule has 0 unspecified atom stereocenters. The van der Waals surface area contributed by atoms with Gasteiger partial charge in [-0.05, 0) is 38.5 Å². The Morgan fingerprint density at radius 3 is 2.62 bits per heavy atom. The van der Waals surface area contributed by atoms with E-state index in [1.165, 1.54) is 11.1 Å². The van der Waals surface area contributed by atoms with E-state index in [1.807, 2.05) is 6.08 Å². The Balaban J connectivity index is 2.89. The van der Waals surface area contributed by atoms with Crippen molar-refractivity contribution < 1.29 is 5.11 Å². The first-order chi connectivity index (χ1) is 7.39.